The molecule has 1 saturated heterocycles. The fourth-order valence-electron chi connectivity index (χ4n) is 4.42. The van der Waals surface area contributed by atoms with Crippen molar-refractivity contribution in [2.75, 3.05) is 30.9 Å². The van der Waals surface area contributed by atoms with Crippen molar-refractivity contribution in [1.29, 1.82) is 0 Å². The van der Waals surface area contributed by atoms with Gasteiger partial charge in [0.2, 0.25) is 0 Å². The van der Waals surface area contributed by atoms with Gasteiger partial charge in [0.05, 0.1) is 10.9 Å². The summed E-state index contributed by atoms with van der Waals surface area (Å²) in [4.78, 5) is 27.6. The molecule has 1 saturated carbocycles. The molecule has 1 aliphatic heterocycles. The summed E-state index contributed by atoms with van der Waals surface area (Å²) < 4.78 is 7.62. The van der Waals surface area contributed by atoms with Gasteiger partial charge in [-0.05, 0) is 62.6 Å². The second kappa shape index (κ2) is 7.25. The first-order valence-electron chi connectivity index (χ1n) is 10.0. The molecule has 0 amide bonds. The first kappa shape index (κ1) is 19.0. The maximum atomic E-state index is 12.7. The molecule has 0 spiro atoms. The summed E-state index contributed by atoms with van der Waals surface area (Å²) in [6.07, 6.45) is 4.67. The van der Waals surface area contributed by atoms with Crippen molar-refractivity contribution in [3.05, 3.63) is 38.5 Å². The third-order valence-corrected chi connectivity index (χ3v) is 6.21. The van der Waals surface area contributed by atoms with Crippen molar-refractivity contribution in [3.63, 3.8) is 0 Å². The number of anilines is 1. The van der Waals surface area contributed by atoms with Crippen LogP contribution < -0.4 is 27.7 Å². The van der Waals surface area contributed by atoms with Gasteiger partial charge in [-0.1, -0.05) is 0 Å². The molecule has 4 N–H and O–H groups in total. The van der Waals surface area contributed by atoms with Crippen molar-refractivity contribution in [3.8, 4) is 0 Å². The molecule has 2 heterocycles. The number of hydrogen-bond acceptors (Lipinski definition) is 6. The number of benzene rings is 1. The number of nitrogens with two attached hydrogens (primary N) is 2. The lowest BCUT2D eigenvalue weighted by Gasteiger charge is -2.23. The number of hydrogen-bond donors (Lipinski definition) is 2. The quantitative estimate of drug-likeness (QED) is 0.567. The second-order valence-electron chi connectivity index (χ2n) is 8.12. The van der Waals surface area contributed by atoms with Gasteiger partial charge in [0.15, 0.2) is 0 Å². The largest absolute Gasteiger partial charge is 0.371 e. The van der Waals surface area contributed by atoms with Crippen molar-refractivity contribution in [2.24, 2.45) is 11.7 Å². The van der Waals surface area contributed by atoms with Crippen LogP contribution in [0.3, 0.4) is 0 Å². The van der Waals surface area contributed by atoms with Crippen LogP contribution in [-0.2, 0) is 4.74 Å². The Balaban J connectivity index is 1.69. The van der Waals surface area contributed by atoms with E-state index in [0.29, 0.717) is 11.3 Å². The number of rotatable bonds is 6. The number of fused-ring (bicyclic) bond motifs is 1. The van der Waals surface area contributed by atoms with E-state index >= 15 is 0 Å². The fraction of sp³-hybridized carbons (Fsp3) is 0.600. The summed E-state index contributed by atoms with van der Waals surface area (Å²) in [5.74, 6) is 6.32. The van der Waals surface area contributed by atoms with Crippen molar-refractivity contribution >= 4 is 16.6 Å². The lowest BCUT2D eigenvalue weighted by atomic mass is 10.0. The molecule has 0 bridgehead atoms. The predicted molar refractivity (Wildman–Crippen MR) is 110 cm³/mol. The van der Waals surface area contributed by atoms with Crippen LogP contribution in [0, 0.1) is 12.8 Å². The number of nitrogen functional groups attached to an aromatic ring is 1. The molecule has 152 valence electrons. The summed E-state index contributed by atoms with van der Waals surface area (Å²) in [5.41, 5.74) is 7.82. The van der Waals surface area contributed by atoms with Gasteiger partial charge >= 0.3 is 5.69 Å². The Morgan fingerprint density at radius 2 is 2.00 bits per heavy atom. The average molecular weight is 387 g/mol. The summed E-state index contributed by atoms with van der Waals surface area (Å²) in [6, 6.07) is 3.95. The smallest absolute Gasteiger partial charge is 0.350 e. The van der Waals surface area contributed by atoms with Crippen molar-refractivity contribution in [2.45, 2.75) is 51.3 Å². The zero-order valence-corrected chi connectivity index (χ0v) is 16.6. The maximum Gasteiger partial charge on any atom is 0.350 e. The molecule has 2 atom stereocenters. The Kier molecular flexibility index (Phi) is 4.93. The molecule has 0 radical (unpaired) electrons. The second-order valence-corrected chi connectivity index (χ2v) is 8.12. The lowest BCUT2D eigenvalue weighted by molar-refractivity contribution is 0.0953. The van der Waals surface area contributed by atoms with E-state index in [4.69, 9.17) is 16.3 Å². The van der Waals surface area contributed by atoms with E-state index in [0.717, 1.165) is 66.6 Å². The highest BCUT2D eigenvalue weighted by Crippen LogP contribution is 2.38. The van der Waals surface area contributed by atoms with Gasteiger partial charge in [-0.3, -0.25) is 9.36 Å². The van der Waals surface area contributed by atoms with E-state index < -0.39 is 11.2 Å². The molecule has 2 aliphatic rings. The molecule has 8 heteroatoms. The molecule has 28 heavy (non-hydrogen) atoms. The normalized spacial score (nSPS) is 20.8. The van der Waals surface area contributed by atoms with E-state index in [2.05, 4.69) is 4.90 Å². The minimum atomic E-state index is -0.431. The highest BCUT2D eigenvalue weighted by atomic mass is 16.5. The molecule has 2 fully saturated rings. The molecule has 1 aromatic heterocycles. The van der Waals surface area contributed by atoms with Crippen LogP contribution in [0.1, 0.15) is 43.7 Å². The minimum Gasteiger partial charge on any atom is -0.371 e. The van der Waals surface area contributed by atoms with E-state index in [-0.39, 0.29) is 12.3 Å². The van der Waals surface area contributed by atoms with Crippen LogP contribution in [-0.4, -0.2) is 35.7 Å². The number of aromatic nitrogens is 2. The molecule has 2 aromatic rings. The van der Waals surface area contributed by atoms with E-state index in [1.54, 1.807) is 11.7 Å². The standard InChI is InChI=1S/C20H29N5O3/c1-12-16(23-10-9-13(11-23)3-8-17(21)28-2)7-6-15-18(12)24(14-4-5-14)20(27)25(22)19(15)26/h6-7,13-14,17H,3-5,8-11,21-22H2,1-2H3/t13-,17+/m1/s1. The van der Waals surface area contributed by atoms with Crippen LogP contribution in [0.2, 0.25) is 0 Å². The molecule has 8 nitrogen and oxygen atoms in total. The number of aryl methyl sites for hydroxylation is 1. The Labute approximate surface area is 163 Å². The van der Waals surface area contributed by atoms with E-state index in [1.807, 2.05) is 19.1 Å². The van der Waals surface area contributed by atoms with Crippen LogP contribution >= 0.6 is 0 Å². The fourth-order valence-corrected chi connectivity index (χ4v) is 4.42. The SMILES string of the molecule is CO[C@H](N)CC[C@@H]1CCN(c2ccc3c(=O)n(N)c(=O)n(C4CC4)c3c2C)C1. The summed E-state index contributed by atoms with van der Waals surface area (Å²) >= 11 is 0. The Morgan fingerprint density at radius 1 is 1.25 bits per heavy atom. The van der Waals surface area contributed by atoms with Gasteiger partial charge in [0, 0.05) is 31.9 Å². The van der Waals surface area contributed by atoms with Gasteiger partial charge in [-0.2, -0.15) is 4.68 Å². The predicted octanol–water partition coefficient (Wildman–Crippen LogP) is 1.06. The van der Waals surface area contributed by atoms with Crippen LogP contribution in [0.4, 0.5) is 5.69 Å². The molecule has 1 aromatic carbocycles. The van der Waals surface area contributed by atoms with Gasteiger partial charge < -0.3 is 21.2 Å². The number of ether oxygens (including phenoxy) is 1. The average Bonchev–Trinajstić information content (AvgIpc) is 3.42. The minimum absolute atomic E-state index is 0.140. The Bertz CT molecular complexity index is 1010. The molecule has 4 rings (SSSR count). The van der Waals surface area contributed by atoms with Gasteiger partial charge in [-0.15, -0.1) is 0 Å². The molecule has 1 aliphatic carbocycles. The molecule has 0 unspecified atom stereocenters. The Morgan fingerprint density at radius 3 is 2.68 bits per heavy atom. The molecular formula is C20H29N5O3. The van der Waals surface area contributed by atoms with Crippen LogP contribution in [0.15, 0.2) is 21.7 Å². The summed E-state index contributed by atoms with van der Waals surface area (Å²) in [5, 5.41) is 0.511. The summed E-state index contributed by atoms with van der Waals surface area (Å²) in [6.45, 7) is 3.91. The van der Waals surface area contributed by atoms with Gasteiger partial charge in [0.25, 0.3) is 5.56 Å². The third kappa shape index (κ3) is 3.20. The first-order chi connectivity index (χ1) is 13.4. The number of nitrogens with zero attached hydrogens (tertiary/aromatic N) is 3. The monoisotopic (exact) mass is 387 g/mol. The van der Waals surface area contributed by atoms with Gasteiger partial charge in [0.1, 0.15) is 6.23 Å². The van der Waals surface area contributed by atoms with E-state index in [9.17, 15) is 9.59 Å². The summed E-state index contributed by atoms with van der Waals surface area (Å²) in [7, 11) is 1.64. The van der Waals surface area contributed by atoms with Crippen molar-refractivity contribution in [1.82, 2.24) is 9.24 Å². The van der Waals surface area contributed by atoms with Crippen LogP contribution in [0.5, 0.6) is 0 Å². The highest BCUT2D eigenvalue weighted by Gasteiger charge is 2.30. The Hall–Kier alpha value is -2.32. The first-order valence-corrected chi connectivity index (χ1v) is 10.0. The lowest BCUT2D eigenvalue weighted by Crippen LogP contribution is -2.44. The zero-order valence-electron chi connectivity index (χ0n) is 16.6. The highest BCUT2D eigenvalue weighted by molar-refractivity contribution is 5.87. The maximum absolute atomic E-state index is 12.7. The molecular weight excluding hydrogens is 358 g/mol. The van der Waals surface area contributed by atoms with E-state index in [1.165, 1.54) is 0 Å². The van der Waals surface area contributed by atoms with Crippen LogP contribution in [0.25, 0.3) is 10.9 Å². The van der Waals surface area contributed by atoms with Gasteiger partial charge in [-0.25, -0.2) is 4.79 Å². The third-order valence-electron chi connectivity index (χ3n) is 6.21. The number of methoxy groups -OCH3 is 1. The topological polar surface area (TPSA) is 109 Å². The zero-order chi connectivity index (χ0) is 20.0. The van der Waals surface area contributed by atoms with Crippen molar-refractivity contribution < 1.29 is 4.74 Å².